The van der Waals surface area contributed by atoms with E-state index in [2.05, 4.69) is 0 Å². The molecule has 1 aromatic rings. The Balaban J connectivity index is 2.44. The van der Waals surface area contributed by atoms with Gasteiger partial charge in [-0.25, -0.2) is 0 Å². The van der Waals surface area contributed by atoms with Gasteiger partial charge in [-0.1, -0.05) is 0 Å². The number of hydrogen-bond donors (Lipinski definition) is 0. The molecule has 0 saturated carbocycles. The number of aldehydes is 1. The molecule has 0 unspecified atom stereocenters. The van der Waals surface area contributed by atoms with Crippen LogP contribution in [0.1, 0.15) is 12.0 Å². The Labute approximate surface area is 98.3 Å². The SMILES string of the molecule is COc1c(CCC=O)cc2c(c1F)OCCO2. The predicted octanol–water partition coefficient (Wildman–Crippen LogP) is 1.74. The van der Waals surface area contributed by atoms with Gasteiger partial charge < -0.3 is 19.0 Å². The van der Waals surface area contributed by atoms with E-state index in [1.165, 1.54) is 7.11 Å². The van der Waals surface area contributed by atoms with Crippen molar-refractivity contribution in [1.29, 1.82) is 0 Å². The van der Waals surface area contributed by atoms with Gasteiger partial charge in [0, 0.05) is 12.0 Å². The van der Waals surface area contributed by atoms with Crippen molar-refractivity contribution in [3.8, 4) is 17.2 Å². The van der Waals surface area contributed by atoms with Gasteiger partial charge in [0.15, 0.2) is 11.5 Å². The second-order valence-corrected chi connectivity index (χ2v) is 3.61. The normalized spacial score (nSPS) is 13.3. The second kappa shape index (κ2) is 5.03. The third-order valence-corrected chi connectivity index (χ3v) is 2.54. The lowest BCUT2D eigenvalue weighted by Gasteiger charge is -2.21. The Kier molecular flexibility index (Phi) is 3.46. The molecule has 4 nitrogen and oxygen atoms in total. The molecule has 0 bridgehead atoms. The van der Waals surface area contributed by atoms with Crippen LogP contribution in [0.5, 0.6) is 17.2 Å². The Bertz CT molecular complexity index is 431. The number of hydrogen-bond acceptors (Lipinski definition) is 4. The van der Waals surface area contributed by atoms with E-state index in [4.69, 9.17) is 14.2 Å². The molecule has 0 radical (unpaired) electrons. The number of rotatable bonds is 4. The summed E-state index contributed by atoms with van der Waals surface area (Å²) in [5, 5.41) is 0. The smallest absolute Gasteiger partial charge is 0.210 e. The first kappa shape index (κ1) is 11.7. The maximum atomic E-state index is 14.0. The van der Waals surface area contributed by atoms with Crippen molar-refractivity contribution in [2.75, 3.05) is 20.3 Å². The molecule has 0 atom stereocenters. The molecule has 1 heterocycles. The summed E-state index contributed by atoms with van der Waals surface area (Å²) < 4.78 is 29.6. The number of carbonyl (C=O) groups is 1. The van der Waals surface area contributed by atoms with Gasteiger partial charge in [0.05, 0.1) is 7.11 Å². The lowest BCUT2D eigenvalue weighted by Crippen LogP contribution is -2.17. The molecule has 2 rings (SSSR count). The van der Waals surface area contributed by atoms with Gasteiger partial charge >= 0.3 is 0 Å². The predicted molar refractivity (Wildman–Crippen MR) is 58.3 cm³/mol. The molecule has 1 aliphatic heterocycles. The molecule has 0 fully saturated rings. The molecule has 1 aliphatic rings. The number of carbonyl (C=O) groups excluding carboxylic acids is 1. The standard InChI is InChI=1S/C12H13FO4/c1-15-11-8(3-2-4-14)7-9-12(10(11)13)17-6-5-16-9/h4,7H,2-3,5-6H2,1H3. The minimum atomic E-state index is -0.564. The molecular weight excluding hydrogens is 227 g/mol. The summed E-state index contributed by atoms with van der Waals surface area (Å²) in [5.41, 5.74) is 0.612. The Morgan fingerprint density at radius 1 is 1.47 bits per heavy atom. The number of ether oxygens (including phenoxy) is 3. The number of halogens is 1. The fraction of sp³-hybridized carbons (Fsp3) is 0.417. The third kappa shape index (κ3) is 2.18. The Morgan fingerprint density at radius 2 is 2.24 bits per heavy atom. The van der Waals surface area contributed by atoms with E-state index in [9.17, 15) is 9.18 Å². The minimum Gasteiger partial charge on any atom is -0.493 e. The Hall–Kier alpha value is -1.78. The zero-order valence-electron chi connectivity index (χ0n) is 9.49. The highest BCUT2D eigenvalue weighted by Crippen LogP contribution is 2.40. The number of methoxy groups -OCH3 is 1. The van der Waals surface area contributed by atoms with Crippen molar-refractivity contribution < 1.29 is 23.4 Å². The summed E-state index contributed by atoms with van der Waals surface area (Å²) in [6.07, 6.45) is 1.52. The summed E-state index contributed by atoms with van der Waals surface area (Å²) in [5.74, 6) is 0.0140. The largest absolute Gasteiger partial charge is 0.493 e. The van der Waals surface area contributed by atoms with E-state index >= 15 is 0 Å². The maximum Gasteiger partial charge on any atom is 0.210 e. The highest BCUT2D eigenvalue weighted by atomic mass is 19.1. The first-order valence-electron chi connectivity index (χ1n) is 5.36. The highest BCUT2D eigenvalue weighted by Gasteiger charge is 2.23. The van der Waals surface area contributed by atoms with Crippen LogP contribution in [0.2, 0.25) is 0 Å². The molecule has 0 aliphatic carbocycles. The average molecular weight is 240 g/mol. The van der Waals surface area contributed by atoms with E-state index < -0.39 is 5.82 Å². The van der Waals surface area contributed by atoms with Crippen LogP contribution in [0.3, 0.4) is 0 Å². The molecule has 0 amide bonds. The van der Waals surface area contributed by atoms with Crippen molar-refractivity contribution in [2.45, 2.75) is 12.8 Å². The molecule has 0 spiro atoms. The highest BCUT2D eigenvalue weighted by molar-refractivity contribution is 5.55. The van der Waals surface area contributed by atoms with Crippen molar-refractivity contribution in [3.63, 3.8) is 0 Å². The first-order valence-corrected chi connectivity index (χ1v) is 5.36. The van der Waals surface area contributed by atoms with Gasteiger partial charge in [-0.05, 0) is 12.5 Å². The lowest BCUT2D eigenvalue weighted by atomic mass is 10.1. The van der Waals surface area contributed by atoms with Crippen molar-refractivity contribution >= 4 is 6.29 Å². The van der Waals surface area contributed by atoms with Gasteiger partial charge in [0.25, 0.3) is 0 Å². The van der Waals surface area contributed by atoms with Gasteiger partial charge in [-0.3, -0.25) is 0 Å². The van der Waals surface area contributed by atoms with Crippen molar-refractivity contribution in [1.82, 2.24) is 0 Å². The molecule has 17 heavy (non-hydrogen) atoms. The zero-order chi connectivity index (χ0) is 12.3. The van der Waals surface area contributed by atoms with Crippen molar-refractivity contribution in [3.05, 3.63) is 17.4 Å². The van der Waals surface area contributed by atoms with Gasteiger partial charge in [0.1, 0.15) is 19.5 Å². The molecule has 92 valence electrons. The van der Waals surface area contributed by atoms with Gasteiger partial charge in [0.2, 0.25) is 11.6 Å². The van der Waals surface area contributed by atoms with Crippen LogP contribution in [0, 0.1) is 5.82 Å². The summed E-state index contributed by atoms with van der Waals surface area (Å²) in [6.45, 7) is 0.715. The van der Waals surface area contributed by atoms with E-state index in [1.807, 2.05) is 0 Å². The number of fused-ring (bicyclic) bond motifs is 1. The van der Waals surface area contributed by atoms with E-state index in [0.29, 0.717) is 37.4 Å². The molecule has 0 aromatic heterocycles. The molecule has 5 heteroatoms. The van der Waals surface area contributed by atoms with Crippen LogP contribution in [-0.4, -0.2) is 26.6 Å². The minimum absolute atomic E-state index is 0.0861. The summed E-state index contributed by atoms with van der Waals surface area (Å²) in [7, 11) is 1.39. The summed E-state index contributed by atoms with van der Waals surface area (Å²) in [6, 6.07) is 1.67. The van der Waals surface area contributed by atoms with Crippen LogP contribution >= 0.6 is 0 Å². The summed E-state index contributed by atoms with van der Waals surface area (Å²) >= 11 is 0. The summed E-state index contributed by atoms with van der Waals surface area (Å²) in [4.78, 5) is 10.4. The molecule has 1 aromatic carbocycles. The maximum absolute atomic E-state index is 14.0. The topological polar surface area (TPSA) is 44.8 Å². The number of benzene rings is 1. The van der Waals surface area contributed by atoms with E-state index in [0.717, 1.165) is 6.29 Å². The monoisotopic (exact) mass is 240 g/mol. The van der Waals surface area contributed by atoms with Crippen LogP contribution in [0.25, 0.3) is 0 Å². The van der Waals surface area contributed by atoms with Crippen molar-refractivity contribution in [2.24, 2.45) is 0 Å². The average Bonchev–Trinajstić information content (AvgIpc) is 2.36. The van der Waals surface area contributed by atoms with Crippen LogP contribution in [-0.2, 0) is 11.2 Å². The fourth-order valence-corrected chi connectivity index (χ4v) is 1.80. The molecule has 0 saturated heterocycles. The van der Waals surface area contributed by atoms with Crippen LogP contribution in [0.15, 0.2) is 6.07 Å². The third-order valence-electron chi connectivity index (χ3n) is 2.54. The zero-order valence-corrected chi connectivity index (χ0v) is 9.49. The molecular formula is C12H13FO4. The Morgan fingerprint density at radius 3 is 2.94 bits per heavy atom. The van der Waals surface area contributed by atoms with E-state index in [1.54, 1.807) is 6.07 Å². The van der Waals surface area contributed by atoms with Crippen LogP contribution < -0.4 is 14.2 Å². The lowest BCUT2D eigenvalue weighted by molar-refractivity contribution is -0.107. The molecule has 0 N–H and O–H groups in total. The van der Waals surface area contributed by atoms with Gasteiger partial charge in [-0.2, -0.15) is 4.39 Å². The second-order valence-electron chi connectivity index (χ2n) is 3.61. The van der Waals surface area contributed by atoms with Crippen LogP contribution in [0.4, 0.5) is 4.39 Å². The van der Waals surface area contributed by atoms with Gasteiger partial charge in [-0.15, -0.1) is 0 Å². The number of aryl methyl sites for hydroxylation is 1. The fourth-order valence-electron chi connectivity index (χ4n) is 1.80. The first-order chi connectivity index (χ1) is 8.27. The van der Waals surface area contributed by atoms with E-state index in [-0.39, 0.29) is 11.5 Å². The quantitative estimate of drug-likeness (QED) is 0.752.